The average Bonchev–Trinajstić information content (AvgIpc) is 2.58. The topological polar surface area (TPSA) is 94.7 Å². The summed E-state index contributed by atoms with van der Waals surface area (Å²) in [5, 5.41) is 11.3. The van der Waals surface area contributed by atoms with Crippen LogP contribution in [0.1, 0.15) is 16.2 Å². The summed E-state index contributed by atoms with van der Waals surface area (Å²) < 4.78 is 10.9. The number of amides is 1. The van der Waals surface area contributed by atoms with E-state index in [1.165, 1.54) is 7.11 Å². The van der Waals surface area contributed by atoms with Crippen LogP contribution in [-0.4, -0.2) is 23.1 Å². The van der Waals surface area contributed by atoms with Crippen molar-refractivity contribution >= 4 is 16.7 Å². The van der Waals surface area contributed by atoms with Crippen LogP contribution in [0.3, 0.4) is 0 Å². The Hall–Kier alpha value is -3.12. The molecule has 0 aliphatic rings. The molecule has 3 rings (SSSR count). The molecule has 0 spiro atoms. The van der Waals surface area contributed by atoms with Crippen LogP contribution in [0.15, 0.2) is 48.5 Å². The maximum absolute atomic E-state index is 11.5. The third-order valence-corrected chi connectivity index (χ3v) is 3.52. The fourth-order valence-electron chi connectivity index (χ4n) is 2.45. The summed E-state index contributed by atoms with van der Waals surface area (Å²) in [5.41, 5.74) is 5.60. The summed E-state index contributed by atoms with van der Waals surface area (Å²) in [7, 11) is 1.52. The van der Waals surface area contributed by atoms with Gasteiger partial charge < -0.3 is 20.3 Å². The van der Waals surface area contributed by atoms with Crippen LogP contribution in [0.5, 0.6) is 17.2 Å². The predicted molar refractivity (Wildman–Crippen MR) is 89.2 cm³/mol. The minimum absolute atomic E-state index is 0.172. The number of pyridine rings is 1. The number of rotatable bonds is 5. The first-order valence-electron chi connectivity index (χ1n) is 7.27. The highest BCUT2D eigenvalue weighted by atomic mass is 16.5. The van der Waals surface area contributed by atoms with Gasteiger partial charge in [0, 0.05) is 17.9 Å². The predicted octanol–water partition coefficient (Wildman–Crippen LogP) is 2.98. The number of nitrogens with two attached hydrogens (primary N) is 1. The number of methoxy groups -OCH3 is 1. The molecular formula is C18H16N2O4. The van der Waals surface area contributed by atoms with Crippen molar-refractivity contribution in [3.63, 3.8) is 0 Å². The molecule has 0 bridgehead atoms. The van der Waals surface area contributed by atoms with E-state index in [-0.39, 0.29) is 18.1 Å². The third kappa shape index (κ3) is 3.00. The van der Waals surface area contributed by atoms with Crippen molar-refractivity contribution in [2.24, 2.45) is 5.73 Å². The second-order valence-corrected chi connectivity index (χ2v) is 5.18. The van der Waals surface area contributed by atoms with Crippen LogP contribution in [-0.2, 0) is 11.3 Å². The Bertz CT molecular complexity index is 894. The molecule has 1 amide bonds. The molecule has 0 radical (unpaired) electrons. The van der Waals surface area contributed by atoms with Crippen molar-refractivity contribution in [3.8, 4) is 17.2 Å². The lowest BCUT2D eigenvalue weighted by Crippen LogP contribution is -2.15. The second-order valence-electron chi connectivity index (χ2n) is 5.18. The number of carbonyl (C=O) groups excluding carboxylic acids is 1. The lowest BCUT2D eigenvalue weighted by atomic mass is 10.1. The summed E-state index contributed by atoms with van der Waals surface area (Å²) in [6.07, 6.45) is 0. The van der Waals surface area contributed by atoms with Gasteiger partial charge in [0.1, 0.15) is 11.5 Å². The van der Waals surface area contributed by atoms with Crippen molar-refractivity contribution in [2.45, 2.75) is 6.61 Å². The lowest BCUT2D eigenvalue weighted by Gasteiger charge is -2.12. The Labute approximate surface area is 138 Å². The zero-order valence-electron chi connectivity index (χ0n) is 13.0. The Balaban J connectivity index is 2.12. The van der Waals surface area contributed by atoms with Crippen molar-refractivity contribution in [1.82, 2.24) is 4.98 Å². The maximum atomic E-state index is 11.5. The minimum Gasteiger partial charge on any atom is -0.505 e. The fraction of sp³-hybridized carbons (Fsp3) is 0.111. The number of aromatic hydroxyl groups is 1. The van der Waals surface area contributed by atoms with Gasteiger partial charge >= 0.3 is 0 Å². The molecular weight excluding hydrogens is 308 g/mol. The SMILES string of the molecule is COCc1nc(C(N)=O)c(O)c2ccc(Oc3ccccc3)cc12. The number of primary amides is 1. The van der Waals surface area contributed by atoms with Crippen LogP contribution in [0.2, 0.25) is 0 Å². The van der Waals surface area contributed by atoms with Crippen molar-refractivity contribution in [2.75, 3.05) is 7.11 Å². The molecule has 0 saturated carbocycles. The third-order valence-electron chi connectivity index (χ3n) is 3.52. The van der Waals surface area contributed by atoms with Gasteiger partial charge in [0.2, 0.25) is 0 Å². The Morgan fingerprint density at radius 1 is 1.12 bits per heavy atom. The van der Waals surface area contributed by atoms with Gasteiger partial charge in [-0.1, -0.05) is 18.2 Å². The maximum Gasteiger partial charge on any atom is 0.271 e. The van der Waals surface area contributed by atoms with Crippen LogP contribution in [0, 0.1) is 0 Å². The van der Waals surface area contributed by atoms with Gasteiger partial charge in [0.05, 0.1) is 12.3 Å². The van der Waals surface area contributed by atoms with E-state index in [0.29, 0.717) is 28.0 Å². The molecule has 6 nitrogen and oxygen atoms in total. The molecule has 1 aromatic heterocycles. The number of benzene rings is 2. The van der Waals surface area contributed by atoms with Crippen LogP contribution >= 0.6 is 0 Å². The van der Waals surface area contributed by atoms with Crippen molar-refractivity contribution < 1.29 is 19.4 Å². The summed E-state index contributed by atoms with van der Waals surface area (Å²) >= 11 is 0. The minimum atomic E-state index is -0.795. The normalized spacial score (nSPS) is 10.7. The standard InChI is InChI=1S/C18H16N2O4/c1-23-10-15-14-9-12(24-11-5-3-2-4-6-11)7-8-13(14)17(21)16(20-15)18(19)22/h2-9,21H,10H2,1H3,(H2,19,22). The molecule has 0 atom stereocenters. The number of hydrogen-bond acceptors (Lipinski definition) is 5. The molecule has 122 valence electrons. The number of nitrogens with zero attached hydrogens (tertiary/aromatic N) is 1. The molecule has 0 aliphatic carbocycles. The van der Waals surface area contributed by atoms with E-state index in [4.69, 9.17) is 15.2 Å². The van der Waals surface area contributed by atoms with E-state index in [1.54, 1.807) is 18.2 Å². The number of carbonyl (C=O) groups is 1. The smallest absolute Gasteiger partial charge is 0.271 e. The summed E-state index contributed by atoms with van der Waals surface area (Å²) in [6.45, 7) is 0.172. The molecule has 0 aliphatic heterocycles. The van der Waals surface area contributed by atoms with E-state index in [9.17, 15) is 9.90 Å². The van der Waals surface area contributed by atoms with E-state index in [0.717, 1.165) is 0 Å². The average molecular weight is 324 g/mol. The second kappa shape index (κ2) is 6.55. The van der Waals surface area contributed by atoms with Gasteiger partial charge in [-0.25, -0.2) is 4.98 Å². The number of ether oxygens (including phenoxy) is 2. The number of para-hydroxylation sites is 1. The molecule has 6 heteroatoms. The van der Waals surface area contributed by atoms with Gasteiger partial charge in [-0.05, 0) is 30.3 Å². The molecule has 0 fully saturated rings. The van der Waals surface area contributed by atoms with Crippen LogP contribution in [0.25, 0.3) is 10.8 Å². The first-order valence-corrected chi connectivity index (χ1v) is 7.27. The van der Waals surface area contributed by atoms with Crippen LogP contribution < -0.4 is 10.5 Å². The molecule has 24 heavy (non-hydrogen) atoms. The highest BCUT2D eigenvalue weighted by molar-refractivity contribution is 6.02. The summed E-state index contributed by atoms with van der Waals surface area (Å²) in [6, 6.07) is 14.4. The number of hydrogen-bond donors (Lipinski definition) is 2. The molecule has 1 heterocycles. The summed E-state index contributed by atoms with van der Waals surface area (Å²) in [5.74, 6) is 0.232. The fourth-order valence-corrected chi connectivity index (χ4v) is 2.45. The Kier molecular flexibility index (Phi) is 4.31. The molecule has 2 aromatic carbocycles. The first kappa shape index (κ1) is 15.8. The van der Waals surface area contributed by atoms with Crippen molar-refractivity contribution in [3.05, 3.63) is 59.9 Å². The van der Waals surface area contributed by atoms with Crippen molar-refractivity contribution in [1.29, 1.82) is 0 Å². The zero-order chi connectivity index (χ0) is 17.1. The Morgan fingerprint density at radius 2 is 1.88 bits per heavy atom. The lowest BCUT2D eigenvalue weighted by molar-refractivity contribution is 0.0992. The largest absolute Gasteiger partial charge is 0.505 e. The monoisotopic (exact) mass is 324 g/mol. The van der Waals surface area contributed by atoms with Gasteiger partial charge in [0.15, 0.2) is 11.4 Å². The van der Waals surface area contributed by atoms with Gasteiger partial charge in [-0.2, -0.15) is 0 Å². The molecule has 3 N–H and O–H groups in total. The number of aromatic nitrogens is 1. The van der Waals surface area contributed by atoms with Crippen LogP contribution in [0.4, 0.5) is 0 Å². The zero-order valence-corrected chi connectivity index (χ0v) is 13.0. The molecule has 3 aromatic rings. The highest BCUT2D eigenvalue weighted by Crippen LogP contribution is 2.33. The van der Waals surface area contributed by atoms with E-state index < -0.39 is 5.91 Å². The van der Waals surface area contributed by atoms with Gasteiger partial charge in [0.25, 0.3) is 5.91 Å². The summed E-state index contributed by atoms with van der Waals surface area (Å²) in [4.78, 5) is 15.6. The molecule has 0 saturated heterocycles. The van der Waals surface area contributed by atoms with E-state index in [1.807, 2.05) is 30.3 Å². The quantitative estimate of drug-likeness (QED) is 0.752. The van der Waals surface area contributed by atoms with E-state index >= 15 is 0 Å². The van der Waals surface area contributed by atoms with Gasteiger partial charge in [-0.15, -0.1) is 0 Å². The molecule has 0 unspecified atom stereocenters. The Morgan fingerprint density at radius 3 is 2.54 bits per heavy atom. The highest BCUT2D eigenvalue weighted by Gasteiger charge is 2.17. The first-order chi connectivity index (χ1) is 11.6. The van der Waals surface area contributed by atoms with E-state index in [2.05, 4.69) is 4.98 Å². The van der Waals surface area contributed by atoms with Gasteiger partial charge in [-0.3, -0.25) is 4.79 Å². The number of fused-ring (bicyclic) bond motifs is 1.